The maximum absolute atomic E-state index is 12.7. The summed E-state index contributed by atoms with van der Waals surface area (Å²) in [4.78, 5) is 27.1. The van der Waals surface area contributed by atoms with Crippen LogP contribution < -0.4 is 5.32 Å². The van der Waals surface area contributed by atoms with Gasteiger partial charge in [0.25, 0.3) is 5.91 Å². The van der Waals surface area contributed by atoms with Gasteiger partial charge in [-0.2, -0.15) is 0 Å². The highest BCUT2D eigenvalue weighted by molar-refractivity contribution is 8.26. The van der Waals surface area contributed by atoms with Crippen molar-refractivity contribution < 1.29 is 9.59 Å². The number of thiocarbonyl (C=S) groups is 1. The Morgan fingerprint density at radius 2 is 1.83 bits per heavy atom. The molecule has 6 heteroatoms. The topological polar surface area (TPSA) is 49.4 Å². The number of nitrogens with zero attached hydrogens (tertiary/aromatic N) is 1. The first-order valence-corrected chi connectivity index (χ1v) is 10.7. The van der Waals surface area contributed by atoms with Gasteiger partial charge in [0, 0.05) is 18.7 Å². The van der Waals surface area contributed by atoms with Gasteiger partial charge in [-0.3, -0.25) is 14.5 Å². The summed E-state index contributed by atoms with van der Waals surface area (Å²) in [6.07, 6.45) is 2.76. The molecule has 1 fully saturated rings. The molecule has 0 bridgehead atoms. The Labute approximate surface area is 181 Å². The summed E-state index contributed by atoms with van der Waals surface area (Å²) in [6, 6.07) is 13.9. The van der Waals surface area contributed by atoms with Crippen molar-refractivity contribution in [2.24, 2.45) is 0 Å². The Morgan fingerprint density at radius 3 is 2.52 bits per heavy atom. The number of nitrogens with one attached hydrogen (secondary N) is 1. The summed E-state index contributed by atoms with van der Waals surface area (Å²) in [6.45, 7) is 6.52. The van der Waals surface area contributed by atoms with Gasteiger partial charge in [-0.15, -0.1) is 0 Å². The first-order valence-electron chi connectivity index (χ1n) is 9.52. The van der Waals surface area contributed by atoms with E-state index in [4.69, 9.17) is 12.2 Å². The van der Waals surface area contributed by atoms with Crippen LogP contribution in [-0.4, -0.2) is 27.6 Å². The number of amides is 2. The molecule has 0 unspecified atom stereocenters. The molecule has 4 nitrogen and oxygen atoms in total. The predicted molar refractivity (Wildman–Crippen MR) is 125 cm³/mol. The van der Waals surface area contributed by atoms with E-state index in [0.717, 1.165) is 16.8 Å². The number of rotatable bonds is 6. The van der Waals surface area contributed by atoms with E-state index < -0.39 is 0 Å². The Hall–Kier alpha value is -2.44. The summed E-state index contributed by atoms with van der Waals surface area (Å²) in [5, 5.41) is 2.91. The van der Waals surface area contributed by atoms with Crippen LogP contribution in [-0.2, 0) is 9.59 Å². The number of carbonyl (C=O) groups excluding carboxylic acids is 2. The molecule has 150 valence electrons. The van der Waals surface area contributed by atoms with E-state index >= 15 is 0 Å². The summed E-state index contributed by atoms with van der Waals surface area (Å²) in [5.74, 6) is -0.149. The number of anilines is 1. The van der Waals surface area contributed by atoms with E-state index in [9.17, 15) is 9.59 Å². The Morgan fingerprint density at radius 1 is 1.10 bits per heavy atom. The second kappa shape index (κ2) is 9.37. The lowest BCUT2D eigenvalue weighted by Gasteiger charge is -2.14. The molecule has 0 spiro atoms. The molecule has 0 saturated carbocycles. The molecule has 2 aromatic carbocycles. The highest BCUT2D eigenvalue weighted by Crippen LogP contribution is 2.32. The maximum Gasteiger partial charge on any atom is 0.266 e. The smallest absolute Gasteiger partial charge is 0.266 e. The predicted octanol–water partition coefficient (Wildman–Crippen LogP) is 5.23. The van der Waals surface area contributed by atoms with Gasteiger partial charge in [-0.25, -0.2) is 0 Å². The van der Waals surface area contributed by atoms with Crippen LogP contribution in [0.4, 0.5) is 5.69 Å². The fraction of sp³-hybridized carbons (Fsp3) is 0.261. The summed E-state index contributed by atoms with van der Waals surface area (Å²) in [7, 11) is 0. The number of carbonyl (C=O) groups is 2. The molecule has 0 aromatic heterocycles. The van der Waals surface area contributed by atoms with Crippen molar-refractivity contribution in [1.82, 2.24) is 4.90 Å². The SMILES string of the molecule is Cc1ccc(/C=C2/SC(=S)N(CCCC(=O)Nc3ccc(C)c(C)c3)C2=O)cc1. The van der Waals surface area contributed by atoms with E-state index in [-0.39, 0.29) is 11.8 Å². The summed E-state index contributed by atoms with van der Waals surface area (Å²) in [5.41, 5.74) is 5.28. The van der Waals surface area contributed by atoms with Crippen molar-refractivity contribution in [3.63, 3.8) is 0 Å². The maximum atomic E-state index is 12.7. The summed E-state index contributed by atoms with van der Waals surface area (Å²) >= 11 is 6.68. The highest BCUT2D eigenvalue weighted by Gasteiger charge is 2.31. The number of hydrogen-bond donors (Lipinski definition) is 1. The first kappa shape index (κ1) is 21.3. The quantitative estimate of drug-likeness (QED) is 0.509. The zero-order valence-corrected chi connectivity index (χ0v) is 18.5. The molecule has 2 aromatic rings. The third-order valence-corrected chi connectivity index (χ3v) is 6.20. The standard InChI is InChI=1S/C23H24N2O2S2/c1-15-6-9-18(10-7-15)14-20-22(27)25(23(28)29-20)12-4-5-21(26)24-19-11-8-16(2)17(3)13-19/h6-11,13-14H,4-5,12H2,1-3H3,(H,24,26)/b20-14+. The van der Waals surface area contributed by atoms with Crippen molar-refractivity contribution in [1.29, 1.82) is 0 Å². The van der Waals surface area contributed by atoms with Crippen molar-refractivity contribution in [2.75, 3.05) is 11.9 Å². The molecule has 3 rings (SSSR count). The zero-order valence-electron chi connectivity index (χ0n) is 16.8. The van der Waals surface area contributed by atoms with E-state index in [1.807, 2.05) is 69.3 Å². The molecule has 29 heavy (non-hydrogen) atoms. The van der Waals surface area contributed by atoms with Gasteiger partial charge >= 0.3 is 0 Å². The average molecular weight is 425 g/mol. The number of aryl methyl sites for hydroxylation is 3. The molecular weight excluding hydrogens is 400 g/mol. The van der Waals surface area contributed by atoms with Crippen LogP contribution in [0, 0.1) is 20.8 Å². The van der Waals surface area contributed by atoms with E-state index in [1.165, 1.54) is 22.9 Å². The van der Waals surface area contributed by atoms with Crippen molar-refractivity contribution in [3.05, 3.63) is 69.6 Å². The van der Waals surface area contributed by atoms with Crippen LogP contribution in [0.25, 0.3) is 6.08 Å². The number of thioether (sulfide) groups is 1. The lowest BCUT2D eigenvalue weighted by Crippen LogP contribution is -2.29. The molecule has 0 aliphatic carbocycles. The average Bonchev–Trinajstić information content (AvgIpc) is 2.94. The largest absolute Gasteiger partial charge is 0.326 e. The second-order valence-corrected chi connectivity index (χ2v) is 8.87. The van der Waals surface area contributed by atoms with Crippen LogP contribution >= 0.6 is 24.0 Å². The van der Waals surface area contributed by atoms with E-state index in [2.05, 4.69) is 5.32 Å². The molecule has 1 N–H and O–H groups in total. The Balaban J connectivity index is 1.53. The van der Waals surface area contributed by atoms with E-state index in [1.54, 1.807) is 4.90 Å². The fourth-order valence-electron chi connectivity index (χ4n) is 2.95. The van der Waals surface area contributed by atoms with Gasteiger partial charge in [-0.1, -0.05) is 59.9 Å². The Bertz CT molecular complexity index is 981. The zero-order chi connectivity index (χ0) is 21.0. The van der Waals surface area contributed by atoms with Crippen LogP contribution in [0.5, 0.6) is 0 Å². The normalized spacial score (nSPS) is 15.3. The van der Waals surface area contributed by atoms with Gasteiger partial charge in [0.1, 0.15) is 4.32 Å². The molecule has 2 amide bonds. The monoisotopic (exact) mass is 424 g/mol. The van der Waals surface area contributed by atoms with E-state index in [0.29, 0.717) is 28.6 Å². The van der Waals surface area contributed by atoms with Gasteiger partial charge in [0.2, 0.25) is 5.91 Å². The van der Waals surface area contributed by atoms with Crippen molar-refractivity contribution >= 4 is 51.9 Å². The third-order valence-electron chi connectivity index (χ3n) is 4.82. The van der Waals surface area contributed by atoms with Gasteiger partial charge in [-0.05, 0) is 62.1 Å². The lowest BCUT2D eigenvalue weighted by molar-refractivity contribution is -0.122. The van der Waals surface area contributed by atoms with Gasteiger partial charge in [0.15, 0.2) is 0 Å². The molecule has 1 heterocycles. The van der Waals surface area contributed by atoms with Gasteiger partial charge < -0.3 is 5.32 Å². The van der Waals surface area contributed by atoms with Crippen molar-refractivity contribution in [2.45, 2.75) is 33.6 Å². The molecule has 1 aliphatic heterocycles. The summed E-state index contributed by atoms with van der Waals surface area (Å²) < 4.78 is 0.544. The molecule has 1 saturated heterocycles. The number of hydrogen-bond acceptors (Lipinski definition) is 4. The lowest BCUT2D eigenvalue weighted by atomic mass is 10.1. The third kappa shape index (κ3) is 5.55. The van der Waals surface area contributed by atoms with Crippen LogP contribution in [0.3, 0.4) is 0 Å². The molecule has 0 atom stereocenters. The van der Waals surface area contributed by atoms with Gasteiger partial charge in [0.05, 0.1) is 4.91 Å². The van der Waals surface area contributed by atoms with Crippen LogP contribution in [0.1, 0.15) is 35.1 Å². The van der Waals surface area contributed by atoms with Crippen LogP contribution in [0.2, 0.25) is 0 Å². The molecule has 0 radical (unpaired) electrons. The molecular formula is C23H24N2O2S2. The second-order valence-electron chi connectivity index (χ2n) is 7.19. The Kier molecular flexibility index (Phi) is 6.87. The first-order chi connectivity index (χ1) is 13.8. The fourth-order valence-corrected chi connectivity index (χ4v) is 4.26. The van der Waals surface area contributed by atoms with Crippen LogP contribution in [0.15, 0.2) is 47.4 Å². The minimum absolute atomic E-state index is 0.0612. The minimum atomic E-state index is -0.0878. The minimum Gasteiger partial charge on any atom is -0.326 e. The highest BCUT2D eigenvalue weighted by atomic mass is 32.2. The molecule has 1 aliphatic rings. The van der Waals surface area contributed by atoms with Crippen molar-refractivity contribution in [3.8, 4) is 0 Å². The number of benzene rings is 2.